The maximum atomic E-state index is 15.8. The second-order valence-electron chi connectivity index (χ2n) is 18.2. The van der Waals surface area contributed by atoms with Crippen LogP contribution in [0.1, 0.15) is 106 Å². The molecule has 4 aliphatic carbocycles. The Morgan fingerprint density at radius 1 is 0.733 bits per heavy atom. The maximum Gasteiger partial charge on any atom is 0.338 e. The van der Waals surface area contributed by atoms with Gasteiger partial charge in [0.05, 0.1) is 35.3 Å². The van der Waals surface area contributed by atoms with Crippen molar-refractivity contribution in [2.75, 3.05) is 6.61 Å². The summed E-state index contributed by atoms with van der Waals surface area (Å²) in [4.78, 5) is 111. The van der Waals surface area contributed by atoms with Crippen LogP contribution in [-0.4, -0.2) is 101 Å². The smallest absolute Gasteiger partial charge is 0.338 e. The van der Waals surface area contributed by atoms with Gasteiger partial charge in [-0.15, -0.1) is 0 Å². The molecule has 16 heteroatoms. The van der Waals surface area contributed by atoms with Crippen LogP contribution in [0, 0.1) is 40.9 Å². The Kier molecular flexibility index (Phi) is 11.6. The molecule has 1 aliphatic heterocycles. The molecule has 60 heavy (non-hydrogen) atoms. The van der Waals surface area contributed by atoms with Crippen molar-refractivity contribution in [3.05, 3.63) is 35.9 Å². The largest absolute Gasteiger partial charge is 0.461 e. The first-order valence-electron chi connectivity index (χ1n) is 20.5. The van der Waals surface area contributed by atoms with E-state index < -0.39 is 148 Å². The van der Waals surface area contributed by atoms with Gasteiger partial charge in [-0.2, -0.15) is 0 Å². The summed E-state index contributed by atoms with van der Waals surface area (Å²) in [6, 6.07) is 7.95. The number of hydrogen-bond acceptors (Lipinski definition) is 16. The standard InChI is InChI=1S/C44H56O16/c1-12-22(4)37(51)56-31-28-18-40(9,58-25(7)47)29(28)32-42(11)39(55-24(6)46)44(59-26(8)48)19-41(10,60-38(52)27-16-14-13-15-17-27)34(57-36(50)21(2)3)30(44)35(54-23(5)45)43(32,20-53-42)33(31)49/h13-17,21-22,28-32,34-35,39H,12,18-20H2,1-11H3/t22?,28-,29+,30-,31-,32+,34-,35-,39+,40-,41-,42+,43-,44+/m1/s1. The molecule has 0 spiro atoms. The average Bonchev–Trinajstić information content (AvgIpc) is 3.56. The van der Waals surface area contributed by atoms with E-state index in [9.17, 15) is 33.6 Å². The fourth-order valence-electron chi connectivity index (χ4n) is 11.3. The number of hydrogen-bond donors (Lipinski definition) is 0. The fraction of sp³-hybridized carbons (Fsp3) is 0.682. The van der Waals surface area contributed by atoms with Gasteiger partial charge in [-0.1, -0.05) is 45.9 Å². The number of fused-ring (bicyclic) bond motifs is 2. The molecule has 1 unspecified atom stereocenters. The zero-order chi connectivity index (χ0) is 44.5. The van der Waals surface area contributed by atoms with Crippen LogP contribution in [0.4, 0.5) is 0 Å². The first kappa shape index (κ1) is 44.7. The van der Waals surface area contributed by atoms with Crippen molar-refractivity contribution in [3.63, 3.8) is 0 Å². The molecule has 16 nitrogen and oxygen atoms in total. The highest BCUT2D eigenvalue weighted by molar-refractivity contribution is 5.95. The Hall–Kier alpha value is -4.86. The zero-order valence-electron chi connectivity index (χ0n) is 36.0. The van der Waals surface area contributed by atoms with Crippen LogP contribution in [0.3, 0.4) is 0 Å². The molecule has 0 amide bonds. The molecular weight excluding hydrogens is 784 g/mol. The molecule has 5 aliphatic rings. The Balaban J connectivity index is 1.71. The third-order valence-corrected chi connectivity index (χ3v) is 13.6. The van der Waals surface area contributed by atoms with Gasteiger partial charge in [0.1, 0.15) is 17.3 Å². The molecule has 14 atom stereocenters. The van der Waals surface area contributed by atoms with Crippen LogP contribution < -0.4 is 0 Å². The average molecular weight is 841 g/mol. The normalized spacial score (nSPS) is 39.0. The van der Waals surface area contributed by atoms with Crippen LogP contribution in [0.2, 0.25) is 0 Å². The first-order valence-corrected chi connectivity index (χ1v) is 20.5. The van der Waals surface area contributed by atoms with E-state index in [1.807, 2.05) is 0 Å². The van der Waals surface area contributed by atoms with Crippen LogP contribution >= 0.6 is 0 Å². The van der Waals surface area contributed by atoms with E-state index in [2.05, 4.69) is 0 Å². The Morgan fingerprint density at radius 2 is 1.35 bits per heavy atom. The van der Waals surface area contributed by atoms with Gasteiger partial charge in [-0.05, 0) is 45.7 Å². The highest BCUT2D eigenvalue weighted by Crippen LogP contribution is 2.73. The molecule has 1 heterocycles. The van der Waals surface area contributed by atoms with E-state index in [0.29, 0.717) is 6.42 Å². The molecule has 4 saturated carbocycles. The summed E-state index contributed by atoms with van der Waals surface area (Å²) in [5, 5.41) is 0. The minimum absolute atomic E-state index is 0.0845. The number of carbonyl (C=O) groups is 8. The second-order valence-corrected chi connectivity index (χ2v) is 18.2. The lowest BCUT2D eigenvalue weighted by molar-refractivity contribution is -0.262. The summed E-state index contributed by atoms with van der Waals surface area (Å²) in [6.45, 7) is 15.3. The molecule has 1 aromatic rings. The lowest BCUT2D eigenvalue weighted by Gasteiger charge is -2.64. The van der Waals surface area contributed by atoms with Crippen LogP contribution in [-0.2, 0) is 71.5 Å². The van der Waals surface area contributed by atoms with E-state index in [4.69, 9.17) is 37.9 Å². The molecule has 0 N–H and O–H groups in total. The van der Waals surface area contributed by atoms with Crippen molar-refractivity contribution in [2.24, 2.45) is 40.9 Å². The highest BCUT2D eigenvalue weighted by atomic mass is 16.6. The van der Waals surface area contributed by atoms with Crippen molar-refractivity contribution in [1.82, 2.24) is 0 Å². The first-order chi connectivity index (χ1) is 27.9. The van der Waals surface area contributed by atoms with E-state index in [1.54, 1.807) is 59.7 Å². The summed E-state index contributed by atoms with van der Waals surface area (Å²) >= 11 is 0. The second kappa shape index (κ2) is 15.6. The lowest BCUT2D eigenvalue weighted by atomic mass is 9.42. The predicted molar refractivity (Wildman–Crippen MR) is 205 cm³/mol. The number of carbonyl (C=O) groups excluding carboxylic acids is 8. The van der Waals surface area contributed by atoms with E-state index >= 15 is 4.79 Å². The van der Waals surface area contributed by atoms with Crippen LogP contribution in [0.5, 0.6) is 0 Å². The quantitative estimate of drug-likeness (QED) is 0.225. The highest BCUT2D eigenvalue weighted by Gasteiger charge is 2.88. The van der Waals surface area contributed by atoms with Crippen molar-refractivity contribution in [1.29, 1.82) is 0 Å². The van der Waals surface area contributed by atoms with Crippen molar-refractivity contribution in [2.45, 2.75) is 142 Å². The third-order valence-electron chi connectivity index (χ3n) is 13.6. The lowest BCUT2D eigenvalue weighted by Crippen LogP contribution is -2.75. The molecule has 328 valence electrons. The molecule has 1 saturated heterocycles. The number of ether oxygens (including phenoxy) is 8. The van der Waals surface area contributed by atoms with Gasteiger partial charge in [0.15, 0.2) is 35.3 Å². The van der Waals surface area contributed by atoms with Crippen LogP contribution in [0.15, 0.2) is 30.3 Å². The van der Waals surface area contributed by atoms with Crippen LogP contribution in [0.25, 0.3) is 0 Å². The van der Waals surface area contributed by atoms with Gasteiger partial charge in [-0.3, -0.25) is 33.6 Å². The topological polar surface area (TPSA) is 210 Å². The Bertz CT molecular complexity index is 1960. The summed E-state index contributed by atoms with van der Waals surface area (Å²) in [5.74, 6) is -12.1. The van der Waals surface area contributed by atoms with E-state index in [-0.39, 0.29) is 12.0 Å². The van der Waals surface area contributed by atoms with Crippen molar-refractivity contribution < 1.29 is 76.3 Å². The number of Topliss-reactive ketones (excluding diaryl/α,β-unsaturated/α-hetero) is 1. The van der Waals surface area contributed by atoms with Gasteiger partial charge in [0, 0.05) is 51.9 Å². The minimum atomic E-state index is -2.23. The molecule has 5 fully saturated rings. The molecule has 0 radical (unpaired) electrons. The number of rotatable bonds is 11. The monoisotopic (exact) mass is 840 g/mol. The van der Waals surface area contributed by atoms with Gasteiger partial charge in [-0.25, -0.2) is 4.79 Å². The summed E-state index contributed by atoms with van der Waals surface area (Å²) < 4.78 is 50.5. The molecule has 2 bridgehead atoms. The number of esters is 7. The van der Waals surface area contributed by atoms with Crippen molar-refractivity contribution >= 4 is 47.6 Å². The molecular formula is C44H56O16. The van der Waals surface area contributed by atoms with E-state index in [1.165, 1.54) is 26.0 Å². The predicted octanol–water partition coefficient (Wildman–Crippen LogP) is 4.26. The Labute approximate surface area is 348 Å². The summed E-state index contributed by atoms with van der Waals surface area (Å²) in [5.41, 5.74) is -9.28. The minimum Gasteiger partial charge on any atom is -0.461 e. The van der Waals surface area contributed by atoms with Crippen molar-refractivity contribution in [3.8, 4) is 0 Å². The molecule has 1 aromatic carbocycles. The number of ketones is 1. The Morgan fingerprint density at radius 3 is 1.90 bits per heavy atom. The number of benzene rings is 1. The van der Waals surface area contributed by atoms with E-state index in [0.717, 1.165) is 20.8 Å². The zero-order valence-corrected chi connectivity index (χ0v) is 36.0. The maximum absolute atomic E-state index is 15.8. The van der Waals surface area contributed by atoms with Gasteiger partial charge < -0.3 is 37.9 Å². The molecule has 0 aromatic heterocycles. The summed E-state index contributed by atoms with van der Waals surface area (Å²) in [7, 11) is 0. The third kappa shape index (κ3) is 6.95. The van der Waals surface area contributed by atoms with Gasteiger partial charge in [0.25, 0.3) is 0 Å². The summed E-state index contributed by atoms with van der Waals surface area (Å²) in [6.07, 6.45) is -6.64. The molecule has 6 rings (SSSR count). The fourth-order valence-corrected chi connectivity index (χ4v) is 11.3. The van der Waals surface area contributed by atoms with Gasteiger partial charge >= 0.3 is 41.8 Å². The SMILES string of the molecule is CCC(C)C(=O)O[C@H]1C(=O)[C@]23CO[C@](C)([C@H](OC(C)=O)[C@]4(OC(C)=O)C[C@@](C)(OC(=O)c5ccccc5)[C@H](OC(=O)C(C)C)[C@@H]4[C@H]2OC(C)=O)[C@@H]3[C@@H]2[C@H]1C[C@@]2(C)OC(C)=O. The van der Waals surface area contributed by atoms with Gasteiger partial charge in [0.2, 0.25) is 0 Å².